The molecule has 1 amide bonds. The van der Waals surface area contributed by atoms with Crippen molar-refractivity contribution >= 4 is 5.91 Å². The van der Waals surface area contributed by atoms with Gasteiger partial charge in [-0.25, -0.2) is 0 Å². The molecule has 1 rings (SSSR count). The number of carbonyl (C=O) groups is 1. The van der Waals surface area contributed by atoms with Crippen LogP contribution in [0.3, 0.4) is 0 Å². The first-order valence-electron chi connectivity index (χ1n) is 6.13. The molecule has 0 heterocycles. The Bertz CT molecular complexity index is 257. The number of nitrogens with one attached hydrogen (secondary N) is 2. The number of terminal acetylenes is 1. The minimum Gasteiger partial charge on any atom is -0.355 e. The molecule has 0 radical (unpaired) electrons. The summed E-state index contributed by atoms with van der Waals surface area (Å²) in [6.07, 6.45) is 10.2. The van der Waals surface area contributed by atoms with Crippen molar-refractivity contribution in [3.8, 4) is 12.3 Å². The molecule has 0 aliphatic heterocycles. The van der Waals surface area contributed by atoms with E-state index >= 15 is 0 Å². The summed E-state index contributed by atoms with van der Waals surface area (Å²) in [6, 6.07) is 0. The second-order valence-electron chi connectivity index (χ2n) is 4.75. The Balaban J connectivity index is 2.09. The highest BCUT2D eigenvalue weighted by Gasteiger charge is 2.18. The molecule has 1 saturated carbocycles. The van der Waals surface area contributed by atoms with E-state index in [-0.39, 0.29) is 5.91 Å². The first-order chi connectivity index (χ1) is 7.72. The van der Waals surface area contributed by atoms with Gasteiger partial charge in [-0.15, -0.1) is 6.42 Å². The average molecular weight is 222 g/mol. The van der Waals surface area contributed by atoms with Crippen LogP contribution in [0.4, 0.5) is 0 Å². The van der Waals surface area contributed by atoms with Crippen molar-refractivity contribution in [3.05, 3.63) is 0 Å². The van der Waals surface area contributed by atoms with Gasteiger partial charge in [0.25, 0.3) is 0 Å². The molecule has 0 aromatic heterocycles. The lowest BCUT2D eigenvalue weighted by Crippen LogP contribution is -2.37. The number of rotatable bonds is 5. The van der Waals surface area contributed by atoms with Crippen LogP contribution < -0.4 is 10.6 Å². The van der Waals surface area contributed by atoms with E-state index in [0.29, 0.717) is 19.0 Å². The number of hydrogen-bond acceptors (Lipinski definition) is 2. The molecule has 0 saturated heterocycles. The number of hydrogen-bond donors (Lipinski definition) is 2. The van der Waals surface area contributed by atoms with E-state index in [2.05, 4.69) is 23.5 Å². The molecule has 3 heteroatoms. The van der Waals surface area contributed by atoms with Crippen molar-refractivity contribution in [1.29, 1.82) is 0 Å². The Kier molecular flexibility index (Phi) is 5.95. The largest absolute Gasteiger partial charge is 0.355 e. The lowest BCUT2D eigenvalue weighted by molar-refractivity contribution is -0.120. The zero-order valence-corrected chi connectivity index (χ0v) is 10.1. The maximum Gasteiger partial charge on any atom is 0.233 e. The van der Waals surface area contributed by atoms with Gasteiger partial charge >= 0.3 is 0 Å². The topological polar surface area (TPSA) is 41.1 Å². The Morgan fingerprint density at radius 3 is 3.00 bits per heavy atom. The van der Waals surface area contributed by atoms with Gasteiger partial charge in [-0.05, 0) is 24.7 Å². The molecule has 90 valence electrons. The van der Waals surface area contributed by atoms with Crippen molar-refractivity contribution in [2.75, 3.05) is 19.6 Å². The quantitative estimate of drug-likeness (QED) is 0.541. The minimum absolute atomic E-state index is 0.0495. The summed E-state index contributed by atoms with van der Waals surface area (Å²) in [5.41, 5.74) is 0. The fourth-order valence-corrected chi connectivity index (χ4v) is 2.31. The molecule has 0 bridgehead atoms. The van der Waals surface area contributed by atoms with Crippen LogP contribution in [0, 0.1) is 24.2 Å². The smallest absolute Gasteiger partial charge is 0.233 e. The van der Waals surface area contributed by atoms with Crippen LogP contribution in [-0.2, 0) is 4.79 Å². The van der Waals surface area contributed by atoms with Crippen LogP contribution in [0.5, 0.6) is 0 Å². The van der Waals surface area contributed by atoms with Gasteiger partial charge in [0.15, 0.2) is 0 Å². The van der Waals surface area contributed by atoms with Crippen LogP contribution in [-0.4, -0.2) is 25.5 Å². The van der Waals surface area contributed by atoms with E-state index in [4.69, 9.17) is 6.42 Å². The second kappa shape index (κ2) is 7.29. The summed E-state index contributed by atoms with van der Waals surface area (Å²) in [5, 5.41) is 5.84. The zero-order chi connectivity index (χ0) is 11.8. The SMILES string of the molecule is C#CCNCC(=O)NCC1CCCC(C)C1. The van der Waals surface area contributed by atoms with Gasteiger partial charge < -0.3 is 5.32 Å². The Hall–Kier alpha value is -1.01. The highest BCUT2D eigenvalue weighted by atomic mass is 16.1. The third-order valence-corrected chi connectivity index (χ3v) is 3.15. The van der Waals surface area contributed by atoms with Gasteiger partial charge in [-0.3, -0.25) is 10.1 Å². The minimum atomic E-state index is 0.0495. The molecule has 0 aromatic carbocycles. The first kappa shape index (κ1) is 13.1. The van der Waals surface area contributed by atoms with E-state index < -0.39 is 0 Å². The molecule has 0 spiro atoms. The highest BCUT2D eigenvalue weighted by molar-refractivity contribution is 5.77. The summed E-state index contributed by atoms with van der Waals surface area (Å²) in [5.74, 6) is 3.97. The number of amides is 1. The molecule has 2 N–H and O–H groups in total. The molecule has 16 heavy (non-hydrogen) atoms. The highest BCUT2D eigenvalue weighted by Crippen LogP contribution is 2.27. The molecule has 2 atom stereocenters. The predicted octanol–water partition coefficient (Wildman–Crippen LogP) is 1.15. The monoisotopic (exact) mass is 222 g/mol. The van der Waals surface area contributed by atoms with Crippen molar-refractivity contribution in [3.63, 3.8) is 0 Å². The van der Waals surface area contributed by atoms with Gasteiger partial charge in [0.05, 0.1) is 13.1 Å². The predicted molar refractivity (Wildman–Crippen MR) is 65.8 cm³/mol. The molecule has 3 nitrogen and oxygen atoms in total. The van der Waals surface area contributed by atoms with Crippen LogP contribution in [0.2, 0.25) is 0 Å². The van der Waals surface area contributed by atoms with Gasteiger partial charge in [0, 0.05) is 6.54 Å². The molecular weight excluding hydrogens is 200 g/mol. The van der Waals surface area contributed by atoms with E-state index in [1.165, 1.54) is 25.7 Å². The third kappa shape index (κ3) is 5.18. The van der Waals surface area contributed by atoms with Gasteiger partial charge in [-0.2, -0.15) is 0 Å². The summed E-state index contributed by atoms with van der Waals surface area (Å²) in [7, 11) is 0. The molecule has 2 unspecified atom stereocenters. The van der Waals surface area contributed by atoms with E-state index in [0.717, 1.165) is 12.5 Å². The number of carbonyl (C=O) groups excluding carboxylic acids is 1. The van der Waals surface area contributed by atoms with E-state index in [1.807, 2.05) is 0 Å². The Labute approximate surface area is 98.4 Å². The van der Waals surface area contributed by atoms with Crippen molar-refractivity contribution in [2.24, 2.45) is 11.8 Å². The fourth-order valence-electron chi connectivity index (χ4n) is 2.31. The third-order valence-electron chi connectivity index (χ3n) is 3.15. The lowest BCUT2D eigenvalue weighted by Gasteiger charge is -2.26. The maximum atomic E-state index is 11.4. The molecular formula is C13H22N2O. The molecule has 1 fully saturated rings. The second-order valence-corrected chi connectivity index (χ2v) is 4.75. The molecule has 0 aromatic rings. The van der Waals surface area contributed by atoms with Crippen LogP contribution in [0.1, 0.15) is 32.6 Å². The van der Waals surface area contributed by atoms with Crippen molar-refractivity contribution in [1.82, 2.24) is 10.6 Å². The lowest BCUT2D eigenvalue weighted by atomic mass is 9.82. The van der Waals surface area contributed by atoms with Crippen LogP contribution in [0.25, 0.3) is 0 Å². The summed E-state index contributed by atoms with van der Waals surface area (Å²) in [6.45, 7) is 3.89. The Morgan fingerprint density at radius 2 is 2.31 bits per heavy atom. The normalized spacial score (nSPS) is 24.8. The first-order valence-corrected chi connectivity index (χ1v) is 6.13. The van der Waals surface area contributed by atoms with Crippen LogP contribution >= 0.6 is 0 Å². The standard InChI is InChI=1S/C13H22N2O/c1-3-7-14-10-13(16)15-9-12-6-4-5-11(2)8-12/h1,11-12,14H,4-10H2,2H3,(H,15,16). The van der Waals surface area contributed by atoms with Gasteiger partial charge in [-0.1, -0.05) is 25.7 Å². The fraction of sp³-hybridized carbons (Fsp3) is 0.769. The van der Waals surface area contributed by atoms with Crippen molar-refractivity contribution < 1.29 is 4.79 Å². The van der Waals surface area contributed by atoms with E-state index in [1.54, 1.807) is 0 Å². The van der Waals surface area contributed by atoms with Gasteiger partial charge in [0.1, 0.15) is 0 Å². The average Bonchev–Trinajstić information content (AvgIpc) is 2.27. The van der Waals surface area contributed by atoms with Crippen molar-refractivity contribution in [2.45, 2.75) is 32.6 Å². The van der Waals surface area contributed by atoms with E-state index in [9.17, 15) is 4.79 Å². The summed E-state index contributed by atoms with van der Waals surface area (Å²) < 4.78 is 0. The summed E-state index contributed by atoms with van der Waals surface area (Å²) >= 11 is 0. The zero-order valence-electron chi connectivity index (χ0n) is 10.1. The van der Waals surface area contributed by atoms with Gasteiger partial charge in [0.2, 0.25) is 5.91 Å². The Morgan fingerprint density at radius 1 is 1.50 bits per heavy atom. The molecule has 1 aliphatic rings. The molecule has 1 aliphatic carbocycles. The summed E-state index contributed by atoms with van der Waals surface area (Å²) in [4.78, 5) is 11.4. The maximum absolute atomic E-state index is 11.4. The van der Waals surface area contributed by atoms with Crippen LogP contribution in [0.15, 0.2) is 0 Å².